The number of hydrogen-bond donors (Lipinski definition) is 4. The Hall–Kier alpha value is -2.66. The van der Waals surface area contributed by atoms with Crippen molar-refractivity contribution in [2.24, 2.45) is 5.92 Å². The average Bonchev–Trinajstić information content (AvgIpc) is 2.78. The van der Waals surface area contributed by atoms with Crippen molar-refractivity contribution in [3.8, 4) is 6.07 Å². The highest BCUT2D eigenvalue weighted by Gasteiger charge is 2.51. The van der Waals surface area contributed by atoms with Gasteiger partial charge in [-0.1, -0.05) is 6.92 Å². The normalized spacial score (nSPS) is 33.7. The summed E-state index contributed by atoms with van der Waals surface area (Å²) in [7, 11) is 0. The second-order valence-corrected chi connectivity index (χ2v) is 9.30. The van der Waals surface area contributed by atoms with Crippen molar-refractivity contribution < 1.29 is 34.2 Å². The van der Waals surface area contributed by atoms with Crippen LogP contribution >= 0.6 is 0 Å². The Bertz CT molecular complexity index is 1110. The standard InChI is InChI=1S/C20H22N4O7S/c1-10-8-23(12-2-3-13-11(6-12)4-5-22-14(13)7-21)32(30)24(9-10)19-17(27)15(25)16(26)18(31-19)20(28)29/h2-6,10,15-19,25-27H,8-9H2,1H3,(H,28,29). The molecule has 2 aliphatic rings. The van der Waals surface area contributed by atoms with Crippen LogP contribution in [0.3, 0.4) is 0 Å². The number of benzene rings is 1. The van der Waals surface area contributed by atoms with Gasteiger partial charge >= 0.3 is 5.97 Å². The lowest BCUT2D eigenvalue weighted by Crippen LogP contribution is -2.66. The van der Waals surface area contributed by atoms with E-state index in [1.54, 1.807) is 28.6 Å². The number of nitriles is 1. The SMILES string of the molecule is CC1CN(c2ccc3c(C#N)nccc3c2)S(=O)N(C2OC(C(=O)O)C(O)C(O)C2O)C1. The molecule has 0 saturated carbocycles. The van der Waals surface area contributed by atoms with Crippen molar-refractivity contribution >= 4 is 33.6 Å². The van der Waals surface area contributed by atoms with Gasteiger partial charge in [0.1, 0.15) is 30.1 Å². The number of aromatic nitrogens is 1. The minimum Gasteiger partial charge on any atom is -0.479 e. The number of carboxylic acid groups (broad SMARTS) is 1. The van der Waals surface area contributed by atoms with Crippen molar-refractivity contribution in [2.75, 3.05) is 17.4 Å². The molecular formula is C20H22N4O7S. The number of aliphatic hydroxyl groups excluding tert-OH is 3. The molecule has 12 heteroatoms. The van der Waals surface area contributed by atoms with Crippen molar-refractivity contribution in [2.45, 2.75) is 37.6 Å². The van der Waals surface area contributed by atoms with E-state index in [0.717, 1.165) is 5.39 Å². The quantitative estimate of drug-likeness (QED) is 0.463. The van der Waals surface area contributed by atoms with Crippen LogP contribution in [0, 0.1) is 17.2 Å². The van der Waals surface area contributed by atoms with Gasteiger partial charge in [0.05, 0.1) is 5.69 Å². The molecule has 32 heavy (non-hydrogen) atoms. The van der Waals surface area contributed by atoms with E-state index in [-0.39, 0.29) is 18.2 Å². The molecule has 170 valence electrons. The van der Waals surface area contributed by atoms with E-state index in [4.69, 9.17) is 4.74 Å². The summed E-state index contributed by atoms with van der Waals surface area (Å²) in [5, 5.41) is 50.5. The highest BCUT2D eigenvalue weighted by Crippen LogP contribution is 2.32. The first-order valence-electron chi connectivity index (χ1n) is 9.90. The number of ether oxygens (including phenoxy) is 1. The van der Waals surface area contributed by atoms with Crippen LogP contribution in [-0.4, -0.2) is 83.6 Å². The van der Waals surface area contributed by atoms with Gasteiger partial charge in [-0.05, 0) is 35.6 Å². The number of nitrogens with zero attached hydrogens (tertiary/aromatic N) is 4. The summed E-state index contributed by atoms with van der Waals surface area (Å²) in [5.74, 6) is -1.56. The van der Waals surface area contributed by atoms with Crippen LogP contribution in [0.4, 0.5) is 5.69 Å². The number of rotatable bonds is 3. The Labute approximate surface area is 185 Å². The van der Waals surface area contributed by atoms with E-state index >= 15 is 0 Å². The molecule has 4 N–H and O–H groups in total. The van der Waals surface area contributed by atoms with Gasteiger partial charge in [-0.2, -0.15) is 9.57 Å². The molecule has 1 aromatic carbocycles. The Morgan fingerprint density at radius 2 is 1.97 bits per heavy atom. The van der Waals surface area contributed by atoms with E-state index in [1.165, 1.54) is 10.5 Å². The van der Waals surface area contributed by atoms with Gasteiger partial charge < -0.3 is 25.2 Å². The maximum absolute atomic E-state index is 13.5. The number of hydrogen-bond acceptors (Lipinski definition) is 8. The Kier molecular flexibility index (Phi) is 6.13. The molecule has 2 fully saturated rings. The van der Waals surface area contributed by atoms with Crippen LogP contribution in [0.5, 0.6) is 0 Å². The average molecular weight is 462 g/mol. The highest BCUT2D eigenvalue weighted by atomic mass is 32.2. The largest absolute Gasteiger partial charge is 0.479 e. The topological polar surface area (TPSA) is 167 Å². The van der Waals surface area contributed by atoms with Gasteiger partial charge in [0, 0.05) is 24.7 Å². The molecular weight excluding hydrogens is 440 g/mol. The van der Waals surface area contributed by atoms with Gasteiger partial charge in [0.25, 0.3) is 0 Å². The predicted octanol–water partition coefficient (Wildman–Crippen LogP) is -0.665. The third-order valence-corrected chi connectivity index (χ3v) is 7.11. The summed E-state index contributed by atoms with van der Waals surface area (Å²) in [6.07, 6.45) is -6.95. The van der Waals surface area contributed by atoms with E-state index in [2.05, 4.69) is 4.98 Å². The lowest BCUT2D eigenvalue weighted by atomic mass is 9.97. The molecule has 7 atom stereocenters. The van der Waals surface area contributed by atoms with E-state index in [0.29, 0.717) is 17.6 Å². The molecule has 7 unspecified atom stereocenters. The Morgan fingerprint density at radius 1 is 1.22 bits per heavy atom. The molecule has 2 aliphatic heterocycles. The van der Waals surface area contributed by atoms with Crippen LogP contribution in [0.1, 0.15) is 12.6 Å². The van der Waals surface area contributed by atoms with E-state index < -0.39 is 47.8 Å². The van der Waals surface area contributed by atoms with Crippen LogP contribution in [0.25, 0.3) is 10.8 Å². The number of carboxylic acids is 1. The van der Waals surface area contributed by atoms with Crippen molar-refractivity contribution in [3.05, 3.63) is 36.2 Å². The zero-order valence-corrected chi connectivity index (χ0v) is 17.8. The number of fused-ring (bicyclic) bond motifs is 1. The molecule has 11 nitrogen and oxygen atoms in total. The summed E-state index contributed by atoms with van der Waals surface area (Å²) in [6, 6.07) is 8.95. The fourth-order valence-corrected chi connectivity index (χ4v) is 5.67. The number of carbonyl (C=O) groups is 1. The number of aliphatic carboxylic acids is 1. The molecule has 0 aliphatic carbocycles. The smallest absolute Gasteiger partial charge is 0.335 e. The lowest BCUT2D eigenvalue weighted by molar-refractivity contribution is -0.248. The zero-order valence-electron chi connectivity index (χ0n) is 17.0. The number of anilines is 1. The fraction of sp³-hybridized carbons (Fsp3) is 0.450. The van der Waals surface area contributed by atoms with Gasteiger partial charge in [-0.15, -0.1) is 0 Å². The van der Waals surface area contributed by atoms with Gasteiger partial charge in [0.15, 0.2) is 12.3 Å². The van der Waals surface area contributed by atoms with Gasteiger partial charge in [-0.3, -0.25) is 4.31 Å². The molecule has 0 amide bonds. The molecule has 1 aromatic heterocycles. The van der Waals surface area contributed by atoms with Crippen LogP contribution in [0.2, 0.25) is 0 Å². The predicted molar refractivity (Wildman–Crippen MR) is 112 cm³/mol. The first-order chi connectivity index (χ1) is 15.2. The van der Waals surface area contributed by atoms with Crippen molar-refractivity contribution in [3.63, 3.8) is 0 Å². The van der Waals surface area contributed by atoms with Crippen LogP contribution in [0.15, 0.2) is 30.5 Å². The molecule has 0 bridgehead atoms. The third kappa shape index (κ3) is 3.83. The minimum absolute atomic E-state index is 0.0569. The Morgan fingerprint density at radius 3 is 2.66 bits per heavy atom. The Balaban J connectivity index is 1.67. The first kappa shape index (κ1) is 22.5. The zero-order chi connectivity index (χ0) is 23.2. The molecule has 0 spiro atoms. The van der Waals surface area contributed by atoms with Crippen LogP contribution in [-0.2, 0) is 20.7 Å². The highest BCUT2D eigenvalue weighted by molar-refractivity contribution is 7.84. The lowest BCUT2D eigenvalue weighted by Gasteiger charge is -2.47. The first-order valence-corrected chi connectivity index (χ1v) is 11.0. The molecule has 2 aromatic rings. The summed E-state index contributed by atoms with van der Waals surface area (Å²) >= 11 is -1.89. The third-order valence-electron chi connectivity index (χ3n) is 5.62. The second kappa shape index (κ2) is 8.70. The molecule has 0 radical (unpaired) electrons. The summed E-state index contributed by atoms with van der Waals surface area (Å²) < 4.78 is 21.7. The number of pyridine rings is 1. The summed E-state index contributed by atoms with van der Waals surface area (Å²) in [5.41, 5.74) is 0.859. The maximum Gasteiger partial charge on any atom is 0.335 e. The van der Waals surface area contributed by atoms with E-state index in [1.807, 2.05) is 13.0 Å². The molecule has 3 heterocycles. The minimum atomic E-state index is -1.89. The van der Waals surface area contributed by atoms with Gasteiger partial charge in [-0.25, -0.2) is 14.0 Å². The monoisotopic (exact) mass is 462 g/mol. The van der Waals surface area contributed by atoms with E-state index in [9.17, 15) is 34.7 Å². The van der Waals surface area contributed by atoms with Crippen molar-refractivity contribution in [1.29, 1.82) is 5.26 Å². The fourth-order valence-electron chi connectivity index (χ4n) is 4.00. The van der Waals surface area contributed by atoms with Crippen molar-refractivity contribution in [1.82, 2.24) is 9.29 Å². The maximum atomic E-state index is 13.5. The number of aliphatic hydroxyl groups is 3. The van der Waals surface area contributed by atoms with Gasteiger partial charge in [0.2, 0.25) is 11.2 Å². The second-order valence-electron chi connectivity index (χ2n) is 7.93. The summed E-state index contributed by atoms with van der Waals surface area (Å²) in [4.78, 5) is 15.5. The van der Waals surface area contributed by atoms with Crippen LogP contribution < -0.4 is 4.31 Å². The summed E-state index contributed by atoms with van der Waals surface area (Å²) in [6.45, 7) is 2.50. The molecule has 4 rings (SSSR count). The molecule has 2 saturated heterocycles.